The molecule has 2 fully saturated rings. The molecule has 3 heteroatoms. The standard InChI is InChI=1S/C7H11NOS/c9-6-3-7(8-4-6)1-2-10-5-7/h8H,1-5H2. The van der Waals surface area contributed by atoms with E-state index in [4.69, 9.17) is 0 Å². The molecule has 1 N–H and O–H groups in total. The van der Waals surface area contributed by atoms with Crippen molar-refractivity contribution in [3.05, 3.63) is 0 Å². The average molecular weight is 157 g/mol. The monoisotopic (exact) mass is 157 g/mol. The first-order valence-corrected chi connectivity index (χ1v) is 4.81. The van der Waals surface area contributed by atoms with Gasteiger partial charge in [0.2, 0.25) is 0 Å². The Bertz CT molecular complexity index is 163. The van der Waals surface area contributed by atoms with Crippen LogP contribution in [0.5, 0.6) is 0 Å². The van der Waals surface area contributed by atoms with Gasteiger partial charge in [0, 0.05) is 17.7 Å². The second-order valence-corrected chi connectivity index (χ2v) is 4.26. The van der Waals surface area contributed by atoms with Gasteiger partial charge in [-0.05, 0) is 12.2 Å². The molecule has 0 radical (unpaired) electrons. The number of Topliss-reactive ketones (excluding diaryl/α,β-unsaturated/α-hetero) is 1. The van der Waals surface area contributed by atoms with Crippen LogP contribution >= 0.6 is 11.8 Å². The molecule has 0 amide bonds. The summed E-state index contributed by atoms with van der Waals surface area (Å²) in [5.74, 6) is 2.75. The van der Waals surface area contributed by atoms with Crippen LogP contribution in [0.1, 0.15) is 12.8 Å². The molecule has 0 saturated carbocycles. The maximum atomic E-state index is 10.9. The van der Waals surface area contributed by atoms with E-state index >= 15 is 0 Å². The van der Waals surface area contributed by atoms with Gasteiger partial charge in [-0.15, -0.1) is 0 Å². The van der Waals surface area contributed by atoms with Crippen LogP contribution in [0.2, 0.25) is 0 Å². The second-order valence-electron chi connectivity index (χ2n) is 3.15. The van der Waals surface area contributed by atoms with Gasteiger partial charge >= 0.3 is 0 Å². The maximum absolute atomic E-state index is 10.9. The smallest absolute Gasteiger partial charge is 0.148 e. The van der Waals surface area contributed by atoms with E-state index in [1.54, 1.807) is 0 Å². The van der Waals surface area contributed by atoms with Gasteiger partial charge in [0.1, 0.15) is 5.78 Å². The number of nitrogens with one attached hydrogen (secondary N) is 1. The highest BCUT2D eigenvalue weighted by Crippen LogP contribution is 2.33. The second kappa shape index (κ2) is 2.24. The molecule has 1 atom stereocenters. The molecule has 2 nitrogen and oxygen atoms in total. The third-order valence-electron chi connectivity index (χ3n) is 2.30. The zero-order chi connectivity index (χ0) is 7.03. The van der Waals surface area contributed by atoms with E-state index in [1.807, 2.05) is 11.8 Å². The summed E-state index contributed by atoms with van der Waals surface area (Å²) in [7, 11) is 0. The van der Waals surface area contributed by atoms with Crippen LogP contribution in [-0.4, -0.2) is 29.4 Å². The highest BCUT2D eigenvalue weighted by atomic mass is 32.2. The summed E-state index contributed by atoms with van der Waals surface area (Å²) in [4.78, 5) is 10.9. The number of carbonyl (C=O) groups is 1. The maximum Gasteiger partial charge on any atom is 0.148 e. The normalized spacial score (nSPS) is 39.8. The summed E-state index contributed by atoms with van der Waals surface area (Å²) >= 11 is 1.96. The zero-order valence-corrected chi connectivity index (χ0v) is 6.67. The molecule has 0 aromatic rings. The lowest BCUT2D eigenvalue weighted by molar-refractivity contribution is -0.116. The van der Waals surface area contributed by atoms with Crippen LogP contribution in [0.15, 0.2) is 0 Å². The molecule has 2 rings (SSSR count). The number of hydrogen-bond donors (Lipinski definition) is 1. The largest absolute Gasteiger partial charge is 0.303 e. The van der Waals surface area contributed by atoms with Gasteiger partial charge < -0.3 is 5.32 Å². The van der Waals surface area contributed by atoms with Crippen molar-refractivity contribution in [3.63, 3.8) is 0 Å². The van der Waals surface area contributed by atoms with Crippen molar-refractivity contribution in [2.75, 3.05) is 18.1 Å². The van der Waals surface area contributed by atoms with E-state index in [-0.39, 0.29) is 5.54 Å². The number of hydrogen-bond acceptors (Lipinski definition) is 3. The van der Waals surface area contributed by atoms with Gasteiger partial charge in [0.15, 0.2) is 0 Å². The highest BCUT2D eigenvalue weighted by Gasteiger charge is 2.40. The van der Waals surface area contributed by atoms with Crippen molar-refractivity contribution in [3.8, 4) is 0 Å². The van der Waals surface area contributed by atoms with Crippen molar-refractivity contribution in [1.29, 1.82) is 0 Å². The van der Waals surface area contributed by atoms with E-state index in [0.717, 1.165) is 12.2 Å². The summed E-state index contributed by atoms with van der Waals surface area (Å²) in [6, 6.07) is 0. The first-order valence-electron chi connectivity index (χ1n) is 3.65. The van der Waals surface area contributed by atoms with Gasteiger partial charge in [-0.3, -0.25) is 4.79 Å². The van der Waals surface area contributed by atoms with E-state index in [1.165, 1.54) is 12.2 Å². The van der Waals surface area contributed by atoms with E-state index < -0.39 is 0 Å². The first-order chi connectivity index (χ1) is 4.81. The zero-order valence-electron chi connectivity index (χ0n) is 5.85. The highest BCUT2D eigenvalue weighted by molar-refractivity contribution is 7.99. The molecule has 0 aromatic heterocycles. The molecule has 56 valence electrons. The Morgan fingerprint density at radius 2 is 2.50 bits per heavy atom. The predicted molar refractivity (Wildman–Crippen MR) is 42.3 cm³/mol. The summed E-state index contributed by atoms with van der Waals surface area (Å²) < 4.78 is 0. The van der Waals surface area contributed by atoms with Crippen molar-refractivity contribution in [2.24, 2.45) is 0 Å². The van der Waals surface area contributed by atoms with Crippen LogP contribution in [-0.2, 0) is 4.79 Å². The molecule has 0 aromatic carbocycles. The van der Waals surface area contributed by atoms with E-state index in [2.05, 4.69) is 5.32 Å². The Hall–Kier alpha value is -0.0200. The van der Waals surface area contributed by atoms with Crippen molar-refractivity contribution in [1.82, 2.24) is 5.32 Å². The molecule has 1 spiro atoms. The van der Waals surface area contributed by atoms with Crippen LogP contribution in [0.25, 0.3) is 0 Å². The quantitative estimate of drug-likeness (QED) is 0.552. The Kier molecular flexibility index (Phi) is 1.49. The van der Waals surface area contributed by atoms with Gasteiger partial charge in [-0.2, -0.15) is 11.8 Å². The fourth-order valence-corrected chi connectivity index (χ4v) is 3.09. The molecule has 0 aliphatic carbocycles. The molecule has 1 unspecified atom stereocenters. The minimum atomic E-state index is 0.224. The Balaban J connectivity index is 2.09. The predicted octanol–water partition coefficient (Wildman–Crippen LogP) is 0.425. The lowest BCUT2D eigenvalue weighted by atomic mass is 9.97. The minimum Gasteiger partial charge on any atom is -0.303 e. The van der Waals surface area contributed by atoms with Gasteiger partial charge in [-0.25, -0.2) is 0 Å². The van der Waals surface area contributed by atoms with Crippen molar-refractivity contribution in [2.45, 2.75) is 18.4 Å². The molecule has 2 heterocycles. The molecule has 0 bridgehead atoms. The average Bonchev–Trinajstić information content (AvgIpc) is 2.46. The summed E-state index contributed by atoms with van der Waals surface area (Å²) in [5, 5.41) is 3.31. The van der Waals surface area contributed by atoms with E-state index in [9.17, 15) is 4.79 Å². The van der Waals surface area contributed by atoms with E-state index in [0.29, 0.717) is 12.3 Å². The van der Waals surface area contributed by atoms with Gasteiger partial charge in [0.25, 0.3) is 0 Å². The number of rotatable bonds is 0. The van der Waals surface area contributed by atoms with Crippen LogP contribution in [0.4, 0.5) is 0 Å². The fourth-order valence-electron chi connectivity index (χ4n) is 1.67. The minimum absolute atomic E-state index is 0.224. The Labute approximate surface area is 64.8 Å². The van der Waals surface area contributed by atoms with Crippen LogP contribution < -0.4 is 5.32 Å². The van der Waals surface area contributed by atoms with Crippen LogP contribution in [0.3, 0.4) is 0 Å². The fraction of sp³-hybridized carbons (Fsp3) is 0.857. The van der Waals surface area contributed by atoms with Gasteiger partial charge in [0.05, 0.1) is 6.54 Å². The number of ketones is 1. The first kappa shape index (κ1) is 6.68. The SMILES string of the molecule is O=C1CNC2(CCSC2)C1. The Morgan fingerprint density at radius 1 is 1.60 bits per heavy atom. The van der Waals surface area contributed by atoms with Crippen molar-refractivity contribution < 1.29 is 4.79 Å². The molecular formula is C7H11NOS. The molecule has 2 aliphatic heterocycles. The molecule has 10 heavy (non-hydrogen) atoms. The number of thioether (sulfide) groups is 1. The lowest BCUT2D eigenvalue weighted by Gasteiger charge is -2.19. The lowest BCUT2D eigenvalue weighted by Crippen LogP contribution is -2.39. The van der Waals surface area contributed by atoms with Gasteiger partial charge in [-0.1, -0.05) is 0 Å². The molecule has 2 aliphatic rings. The summed E-state index contributed by atoms with van der Waals surface area (Å²) in [5.41, 5.74) is 0.224. The summed E-state index contributed by atoms with van der Waals surface area (Å²) in [6.07, 6.45) is 1.96. The molecular weight excluding hydrogens is 146 g/mol. The Morgan fingerprint density at radius 3 is 3.00 bits per heavy atom. The number of carbonyl (C=O) groups excluding carboxylic acids is 1. The summed E-state index contributed by atoms with van der Waals surface area (Å²) in [6.45, 7) is 0.612. The molecule has 2 saturated heterocycles. The topological polar surface area (TPSA) is 29.1 Å². The third-order valence-corrected chi connectivity index (χ3v) is 3.55. The van der Waals surface area contributed by atoms with Crippen LogP contribution in [0, 0.1) is 0 Å². The van der Waals surface area contributed by atoms with Crippen molar-refractivity contribution >= 4 is 17.5 Å². The third kappa shape index (κ3) is 0.974.